The van der Waals surface area contributed by atoms with E-state index in [0.29, 0.717) is 5.41 Å². The molecule has 0 atom stereocenters. The molecule has 0 radical (unpaired) electrons. The van der Waals surface area contributed by atoms with E-state index in [9.17, 15) is 0 Å². The highest BCUT2D eigenvalue weighted by molar-refractivity contribution is 4.96. The number of hydrogen-bond donors (Lipinski definition) is 0. The van der Waals surface area contributed by atoms with Crippen LogP contribution < -0.4 is 0 Å². The van der Waals surface area contributed by atoms with Gasteiger partial charge >= 0.3 is 0 Å². The number of rotatable bonds is 1. The Balaban J connectivity index is 1.93. The van der Waals surface area contributed by atoms with Gasteiger partial charge in [-0.15, -0.1) is 0 Å². The fourth-order valence-electron chi connectivity index (χ4n) is 3.74. The minimum absolute atomic E-state index is 0.625. The summed E-state index contributed by atoms with van der Waals surface area (Å²) in [5.41, 5.74) is 1.36. The van der Waals surface area contributed by atoms with Gasteiger partial charge in [0.05, 0.1) is 0 Å². The third kappa shape index (κ3) is 2.38. The van der Waals surface area contributed by atoms with Crippen LogP contribution in [0.3, 0.4) is 0 Å². The van der Waals surface area contributed by atoms with Gasteiger partial charge in [0.15, 0.2) is 0 Å². The Morgan fingerprint density at radius 1 is 0.933 bits per heavy atom. The zero-order chi connectivity index (χ0) is 11.1. The molecule has 0 unspecified atom stereocenters. The molecule has 1 saturated heterocycles. The summed E-state index contributed by atoms with van der Waals surface area (Å²) in [6, 6.07) is 0.747. The molecule has 1 heteroatoms. The van der Waals surface area contributed by atoms with Crippen LogP contribution in [0.2, 0.25) is 0 Å². The van der Waals surface area contributed by atoms with Crippen LogP contribution in [0.4, 0.5) is 0 Å². The smallest absolute Gasteiger partial charge is 0.00385 e. The van der Waals surface area contributed by atoms with Crippen LogP contribution in [0.25, 0.3) is 0 Å². The summed E-state index contributed by atoms with van der Waals surface area (Å²) in [5.74, 6) is 0. The van der Waals surface area contributed by atoms with E-state index in [0.717, 1.165) is 11.5 Å². The second-order valence-electron chi connectivity index (χ2n) is 6.97. The zero-order valence-electron chi connectivity index (χ0n) is 11.0. The second-order valence-corrected chi connectivity index (χ2v) is 6.97. The summed E-state index contributed by atoms with van der Waals surface area (Å²) < 4.78 is 0. The number of nitrogens with zero attached hydrogens (tertiary/aromatic N) is 1. The van der Waals surface area contributed by atoms with Crippen molar-refractivity contribution in [3.8, 4) is 0 Å². The van der Waals surface area contributed by atoms with Crippen molar-refractivity contribution in [3.63, 3.8) is 0 Å². The lowest BCUT2D eigenvalue weighted by Gasteiger charge is -2.42. The minimum Gasteiger partial charge on any atom is -0.301 e. The fourth-order valence-corrected chi connectivity index (χ4v) is 3.74. The molecule has 0 bridgehead atoms. The van der Waals surface area contributed by atoms with E-state index in [-0.39, 0.29) is 0 Å². The molecule has 0 aromatic rings. The molecule has 15 heavy (non-hydrogen) atoms. The Labute approximate surface area is 95.2 Å². The third-order valence-corrected chi connectivity index (χ3v) is 4.77. The van der Waals surface area contributed by atoms with Gasteiger partial charge in [-0.1, -0.05) is 13.8 Å². The van der Waals surface area contributed by atoms with Crippen molar-refractivity contribution in [2.24, 2.45) is 10.8 Å². The predicted octanol–water partition coefficient (Wildman–Crippen LogP) is 3.69. The van der Waals surface area contributed by atoms with Crippen molar-refractivity contribution in [1.29, 1.82) is 0 Å². The van der Waals surface area contributed by atoms with Gasteiger partial charge in [-0.2, -0.15) is 0 Å². The molecule has 1 heterocycles. The minimum atomic E-state index is 0.625. The second kappa shape index (κ2) is 3.76. The Morgan fingerprint density at radius 3 is 1.93 bits per heavy atom. The highest BCUT2D eigenvalue weighted by Gasteiger charge is 2.44. The van der Waals surface area contributed by atoms with E-state index in [4.69, 9.17) is 0 Å². The van der Waals surface area contributed by atoms with Crippen LogP contribution in [0, 0.1) is 10.8 Å². The number of hydrogen-bond acceptors (Lipinski definition) is 1. The molecule has 1 nitrogen and oxygen atoms in total. The molecular formula is C14H27N. The zero-order valence-corrected chi connectivity index (χ0v) is 11.0. The van der Waals surface area contributed by atoms with Crippen molar-refractivity contribution in [2.45, 2.75) is 65.8 Å². The average molecular weight is 209 g/mol. The quantitative estimate of drug-likeness (QED) is 0.636. The summed E-state index contributed by atoms with van der Waals surface area (Å²) in [7, 11) is 0. The molecule has 2 rings (SSSR count). The van der Waals surface area contributed by atoms with E-state index >= 15 is 0 Å². The summed E-state index contributed by atoms with van der Waals surface area (Å²) in [6.07, 6.45) is 7.33. The highest BCUT2D eigenvalue weighted by Crippen LogP contribution is 2.54. The van der Waals surface area contributed by atoms with Gasteiger partial charge in [0.2, 0.25) is 0 Å². The van der Waals surface area contributed by atoms with Crippen LogP contribution in [0.1, 0.15) is 59.8 Å². The maximum atomic E-state index is 2.65. The normalized spacial score (nSPS) is 30.2. The lowest BCUT2D eigenvalue weighted by Crippen LogP contribution is -2.42. The molecule has 1 spiro atoms. The van der Waals surface area contributed by atoms with Crippen LogP contribution in [0.15, 0.2) is 0 Å². The summed E-state index contributed by atoms with van der Waals surface area (Å²) in [6.45, 7) is 12.3. The molecule has 0 aromatic heterocycles. The van der Waals surface area contributed by atoms with Gasteiger partial charge in [-0.25, -0.2) is 0 Å². The SMILES string of the molecule is CC(C)N1CCC2(CC1)CCC(C)(C)C2. The third-order valence-electron chi connectivity index (χ3n) is 4.77. The van der Waals surface area contributed by atoms with Crippen molar-refractivity contribution >= 4 is 0 Å². The number of piperidine rings is 1. The van der Waals surface area contributed by atoms with Gasteiger partial charge in [0, 0.05) is 6.04 Å². The lowest BCUT2D eigenvalue weighted by atomic mass is 9.74. The van der Waals surface area contributed by atoms with E-state index in [2.05, 4.69) is 32.6 Å². The van der Waals surface area contributed by atoms with Crippen molar-refractivity contribution < 1.29 is 0 Å². The first-order chi connectivity index (χ1) is 6.93. The maximum Gasteiger partial charge on any atom is 0.00385 e. The predicted molar refractivity (Wildman–Crippen MR) is 66.0 cm³/mol. The monoisotopic (exact) mass is 209 g/mol. The van der Waals surface area contributed by atoms with Crippen molar-refractivity contribution in [3.05, 3.63) is 0 Å². The molecule has 0 aromatic carbocycles. The Hall–Kier alpha value is -0.0400. The average Bonchev–Trinajstić information content (AvgIpc) is 2.43. The maximum absolute atomic E-state index is 2.65. The summed E-state index contributed by atoms with van der Waals surface area (Å²) in [4.78, 5) is 2.65. The van der Waals surface area contributed by atoms with Crippen LogP contribution >= 0.6 is 0 Å². The molecule has 1 saturated carbocycles. The molecule has 2 aliphatic rings. The van der Waals surface area contributed by atoms with Gasteiger partial charge in [0.25, 0.3) is 0 Å². The van der Waals surface area contributed by atoms with Crippen molar-refractivity contribution in [2.75, 3.05) is 13.1 Å². The molecular weight excluding hydrogens is 182 g/mol. The van der Waals surface area contributed by atoms with Gasteiger partial charge in [-0.05, 0) is 69.9 Å². The van der Waals surface area contributed by atoms with Crippen molar-refractivity contribution in [1.82, 2.24) is 4.90 Å². The highest BCUT2D eigenvalue weighted by atomic mass is 15.2. The first-order valence-corrected chi connectivity index (χ1v) is 6.67. The van der Waals surface area contributed by atoms with Crippen LogP contribution in [0.5, 0.6) is 0 Å². The first kappa shape index (κ1) is 11.4. The Bertz CT molecular complexity index is 221. The fraction of sp³-hybridized carbons (Fsp3) is 1.00. The molecule has 1 aliphatic heterocycles. The summed E-state index contributed by atoms with van der Waals surface area (Å²) >= 11 is 0. The van der Waals surface area contributed by atoms with E-state index < -0.39 is 0 Å². The molecule has 0 N–H and O–H groups in total. The van der Waals surface area contributed by atoms with Gasteiger partial charge in [0.1, 0.15) is 0 Å². The molecule has 1 aliphatic carbocycles. The Morgan fingerprint density at radius 2 is 1.53 bits per heavy atom. The van der Waals surface area contributed by atoms with Crippen LogP contribution in [-0.2, 0) is 0 Å². The molecule has 2 fully saturated rings. The van der Waals surface area contributed by atoms with Gasteiger partial charge in [-0.3, -0.25) is 0 Å². The lowest BCUT2D eigenvalue weighted by molar-refractivity contribution is 0.0793. The van der Waals surface area contributed by atoms with E-state index in [1.54, 1.807) is 0 Å². The standard InChI is InChI=1S/C14H27N/c1-12(2)15-9-7-14(8-10-15)6-5-13(3,4)11-14/h12H,5-11H2,1-4H3. The molecule has 0 amide bonds. The topological polar surface area (TPSA) is 3.24 Å². The largest absolute Gasteiger partial charge is 0.301 e. The summed E-state index contributed by atoms with van der Waals surface area (Å²) in [5, 5.41) is 0. The number of likely N-dealkylation sites (tertiary alicyclic amines) is 1. The van der Waals surface area contributed by atoms with E-state index in [1.807, 2.05) is 0 Å². The Kier molecular flexibility index (Phi) is 2.87. The van der Waals surface area contributed by atoms with Gasteiger partial charge < -0.3 is 4.90 Å². The molecule has 88 valence electrons. The first-order valence-electron chi connectivity index (χ1n) is 6.67. The van der Waals surface area contributed by atoms with Crippen LogP contribution in [-0.4, -0.2) is 24.0 Å². The van der Waals surface area contributed by atoms with E-state index in [1.165, 1.54) is 45.2 Å².